The minimum Gasteiger partial charge on any atom is -0.383 e. The largest absolute Gasteiger partial charge is 0.383 e. The second-order valence-corrected chi connectivity index (χ2v) is 5.22. The van der Waals surface area contributed by atoms with Crippen LogP contribution in [0.15, 0.2) is 54.7 Å². The van der Waals surface area contributed by atoms with Gasteiger partial charge < -0.3 is 9.64 Å². The predicted molar refractivity (Wildman–Crippen MR) is 90.1 cm³/mol. The van der Waals surface area contributed by atoms with Crippen LogP contribution in [0.3, 0.4) is 0 Å². The number of aromatic nitrogens is 2. The van der Waals surface area contributed by atoms with Gasteiger partial charge in [-0.25, -0.2) is 9.97 Å². The van der Waals surface area contributed by atoms with Gasteiger partial charge in [0.1, 0.15) is 0 Å². The highest BCUT2D eigenvalue weighted by Crippen LogP contribution is 2.23. The van der Waals surface area contributed by atoms with Gasteiger partial charge in [-0.05, 0) is 22.9 Å². The highest BCUT2D eigenvalue weighted by Gasteiger charge is 2.07. The quantitative estimate of drug-likeness (QED) is 0.723. The molecule has 2 aromatic carbocycles. The lowest BCUT2D eigenvalue weighted by Gasteiger charge is -2.16. The molecule has 4 heteroatoms. The van der Waals surface area contributed by atoms with E-state index in [0.717, 1.165) is 17.8 Å². The lowest BCUT2D eigenvalue weighted by molar-refractivity contribution is 0.206. The zero-order valence-corrected chi connectivity index (χ0v) is 12.9. The molecule has 0 radical (unpaired) electrons. The van der Waals surface area contributed by atoms with E-state index in [1.807, 2.05) is 18.0 Å². The van der Waals surface area contributed by atoms with E-state index in [0.29, 0.717) is 12.6 Å². The fraction of sp³-hybridized carbons (Fsp3) is 0.222. The average Bonchev–Trinajstić information content (AvgIpc) is 2.59. The molecule has 0 saturated heterocycles. The van der Waals surface area contributed by atoms with Crippen molar-refractivity contribution in [2.75, 3.05) is 32.2 Å². The maximum atomic E-state index is 5.10. The van der Waals surface area contributed by atoms with Crippen LogP contribution in [0, 0.1) is 0 Å². The van der Waals surface area contributed by atoms with E-state index < -0.39 is 0 Å². The second-order valence-electron chi connectivity index (χ2n) is 5.22. The van der Waals surface area contributed by atoms with Crippen molar-refractivity contribution < 1.29 is 4.74 Å². The van der Waals surface area contributed by atoms with E-state index >= 15 is 0 Å². The van der Waals surface area contributed by atoms with Crippen LogP contribution in [0.4, 0.5) is 5.95 Å². The number of rotatable bonds is 5. The number of nitrogens with zero attached hydrogens (tertiary/aromatic N) is 3. The number of benzene rings is 2. The molecule has 1 heterocycles. The lowest BCUT2D eigenvalue weighted by Crippen LogP contribution is -2.24. The number of methoxy groups -OCH3 is 1. The Morgan fingerprint density at radius 1 is 1.05 bits per heavy atom. The Bertz CT molecular complexity index is 773. The molecule has 0 unspecified atom stereocenters. The summed E-state index contributed by atoms with van der Waals surface area (Å²) in [6, 6.07) is 16.7. The summed E-state index contributed by atoms with van der Waals surface area (Å²) in [5, 5.41) is 2.45. The molecular weight excluding hydrogens is 274 g/mol. The van der Waals surface area contributed by atoms with Gasteiger partial charge in [-0.1, -0.05) is 36.4 Å². The topological polar surface area (TPSA) is 38.2 Å². The summed E-state index contributed by atoms with van der Waals surface area (Å²) in [5.74, 6) is 0.711. The molecule has 3 aromatic rings. The summed E-state index contributed by atoms with van der Waals surface area (Å²) in [6.07, 6.45) is 1.80. The molecule has 112 valence electrons. The number of likely N-dealkylation sites (N-methyl/N-ethyl adjacent to an activating group) is 1. The summed E-state index contributed by atoms with van der Waals surface area (Å²) >= 11 is 0. The number of anilines is 1. The molecule has 3 rings (SSSR count). The smallest absolute Gasteiger partial charge is 0.225 e. The van der Waals surface area contributed by atoms with Gasteiger partial charge in [0.25, 0.3) is 0 Å². The Morgan fingerprint density at radius 2 is 1.86 bits per heavy atom. The number of hydrogen-bond donors (Lipinski definition) is 0. The first-order valence-electron chi connectivity index (χ1n) is 7.30. The van der Waals surface area contributed by atoms with Crippen LogP contribution in [0.25, 0.3) is 22.0 Å². The molecule has 0 aliphatic rings. The Kier molecular flexibility index (Phi) is 4.30. The van der Waals surface area contributed by atoms with Gasteiger partial charge >= 0.3 is 0 Å². The van der Waals surface area contributed by atoms with Crippen molar-refractivity contribution in [3.8, 4) is 11.3 Å². The predicted octanol–water partition coefficient (Wildman–Crippen LogP) is 3.38. The van der Waals surface area contributed by atoms with Crippen molar-refractivity contribution in [3.63, 3.8) is 0 Å². The van der Waals surface area contributed by atoms with Crippen molar-refractivity contribution >= 4 is 16.7 Å². The molecule has 4 nitrogen and oxygen atoms in total. The van der Waals surface area contributed by atoms with Crippen LogP contribution < -0.4 is 4.90 Å². The molecule has 0 aliphatic heterocycles. The van der Waals surface area contributed by atoms with Gasteiger partial charge in [0.15, 0.2) is 0 Å². The highest BCUT2D eigenvalue weighted by atomic mass is 16.5. The van der Waals surface area contributed by atoms with E-state index in [2.05, 4.69) is 52.4 Å². The Labute approximate surface area is 130 Å². The zero-order valence-electron chi connectivity index (χ0n) is 12.9. The van der Waals surface area contributed by atoms with Gasteiger partial charge in [-0.2, -0.15) is 0 Å². The molecule has 0 fully saturated rings. The first-order valence-corrected chi connectivity index (χ1v) is 7.30. The third kappa shape index (κ3) is 3.07. The monoisotopic (exact) mass is 293 g/mol. The van der Waals surface area contributed by atoms with Crippen LogP contribution in [0.1, 0.15) is 0 Å². The van der Waals surface area contributed by atoms with Crippen LogP contribution >= 0.6 is 0 Å². The van der Waals surface area contributed by atoms with Gasteiger partial charge in [-0.15, -0.1) is 0 Å². The lowest BCUT2D eigenvalue weighted by atomic mass is 10.1. The molecule has 0 atom stereocenters. The Hall–Kier alpha value is -2.46. The van der Waals surface area contributed by atoms with E-state index in [-0.39, 0.29) is 0 Å². The van der Waals surface area contributed by atoms with Gasteiger partial charge in [0.05, 0.1) is 12.3 Å². The van der Waals surface area contributed by atoms with Crippen LogP contribution in [-0.2, 0) is 4.74 Å². The fourth-order valence-corrected chi connectivity index (χ4v) is 2.37. The minimum absolute atomic E-state index is 0.653. The summed E-state index contributed by atoms with van der Waals surface area (Å²) < 4.78 is 5.10. The van der Waals surface area contributed by atoms with Crippen molar-refractivity contribution in [1.82, 2.24) is 9.97 Å². The Morgan fingerprint density at radius 3 is 2.68 bits per heavy atom. The van der Waals surface area contributed by atoms with E-state index in [1.54, 1.807) is 13.3 Å². The van der Waals surface area contributed by atoms with Crippen molar-refractivity contribution in [1.29, 1.82) is 0 Å². The van der Waals surface area contributed by atoms with E-state index in [4.69, 9.17) is 4.74 Å². The maximum Gasteiger partial charge on any atom is 0.225 e. The van der Waals surface area contributed by atoms with E-state index in [1.165, 1.54) is 10.8 Å². The van der Waals surface area contributed by atoms with Gasteiger partial charge in [0, 0.05) is 32.5 Å². The fourth-order valence-electron chi connectivity index (χ4n) is 2.37. The normalized spacial score (nSPS) is 10.8. The summed E-state index contributed by atoms with van der Waals surface area (Å²) in [5.41, 5.74) is 2.03. The molecule has 22 heavy (non-hydrogen) atoms. The highest BCUT2D eigenvalue weighted by molar-refractivity contribution is 5.86. The van der Waals surface area contributed by atoms with Crippen molar-refractivity contribution in [2.45, 2.75) is 0 Å². The maximum absolute atomic E-state index is 5.10. The molecule has 0 aliphatic carbocycles. The van der Waals surface area contributed by atoms with Crippen LogP contribution in [0.5, 0.6) is 0 Å². The first-order chi connectivity index (χ1) is 10.8. The standard InChI is InChI=1S/C18H19N3O/c1-21(11-12-22-2)18-19-10-9-17(20-18)16-8-7-14-5-3-4-6-15(14)13-16/h3-10,13H,11-12H2,1-2H3. The summed E-state index contributed by atoms with van der Waals surface area (Å²) in [4.78, 5) is 11.0. The third-order valence-electron chi connectivity index (χ3n) is 3.66. The average molecular weight is 293 g/mol. The molecule has 1 aromatic heterocycles. The summed E-state index contributed by atoms with van der Waals surface area (Å²) in [6.45, 7) is 1.41. The molecule has 0 amide bonds. The molecule has 0 spiro atoms. The molecule has 0 N–H and O–H groups in total. The van der Waals surface area contributed by atoms with Crippen molar-refractivity contribution in [3.05, 3.63) is 54.7 Å². The van der Waals surface area contributed by atoms with Crippen molar-refractivity contribution in [2.24, 2.45) is 0 Å². The molecular formula is C18H19N3O. The molecule has 0 saturated carbocycles. The van der Waals surface area contributed by atoms with E-state index in [9.17, 15) is 0 Å². The van der Waals surface area contributed by atoms with Gasteiger partial charge in [0.2, 0.25) is 5.95 Å². The summed E-state index contributed by atoms with van der Waals surface area (Å²) in [7, 11) is 3.67. The number of ether oxygens (including phenoxy) is 1. The Balaban J connectivity index is 1.93. The first kappa shape index (κ1) is 14.5. The molecule has 0 bridgehead atoms. The third-order valence-corrected chi connectivity index (χ3v) is 3.66. The zero-order chi connectivity index (χ0) is 15.4. The van der Waals surface area contributed by atoms with Crippen LogP contribution in [0.2, 0.25) is 0 Å². The minimum atomic E-state index is 0.653. The number of fused-ring (bicyclic) bond motifs is 1. The number of hydrogen-bond acceptors (Lipinski definition) is 4. The second kappa shape index (κ2) is 6.54. The van der Waals surface area contributed by atoms with Crippen LogP contribution in [-0.4, -0.2) is 37.3 Å². The SMILES string of the molecule is COCCN(C)c1nccc(-c2ccc3ccccc3c2)n1. The van der Waals surface area contributed by atoms with Gasteiger partial charge in [-0.3, -0.25) is 0 Å².